The maximum absolute atomic E-state index is 11.2. The van der Waals surface area contributed by atoms with E-state index in [1.54, 1.807) is 17.4 Å². The highest BCUT2D eigenvalue weighted by Crippen LogP contribution is 2.19. The summed E-state index contributed by atoms with van der Waals surface area (Å²) in [6.45, 7) is 3.07. The quantitative estimate of drug-likeness (QED) is 0.840. The Morgan fingerprint density at radius 3 is 3.17 bits per heavy atom. The number of nitrogens with one attached hydrogen (secondary N) is 1. The van der Waals surface area contributed by atoms with Crippen LogP contribution in [0.25, 0.3) is 11.3 Å². The summed E-state index contributed by atoms with van der Waals surface area (Å²) in [4.78, 5) is 11.2. The van der Waals surface area contributed by atoms with Crippen LogP contribution in [0.2, 0.25) is 0 Å². The van der Waals surface area contributed by atoms with Crippen molar-refractivity contribution < 1.29 is 4.79 Å². The SMILES string of the molecule is C/C=C/C(=O)NCCn1ccc(-c2ccsc2)n1. The fraction of sp³-hybridized carbons (Fsp3) is 0.231. The molecule has 0 aromatic carbocycles. The van der Waals surface area contributed by atoms with E-state index < -0.39 is 0 Å². The van der Waals surface area contributed by atoms with Gasteiger partial charge in [0.1, 0.15) is 0 Å². The summed E-state index contributed by atoms with van der Waals surface area (Å²) in [5.74, 6) is -0.0669. The molecule has 0 fully saturated rings. The molecule has 1 N–H and O–H groups in total. The molecule has 0 bridgehead atoms. The summed E-state index contributed by atoms with van der Waals surface area (Å²) >= 11 is 1.66. The van der Waals surface area contributed by atoms with Gasteiger partial charge < -0.3 is 5.32 Å². The van der Waals surface area contributed by atoms with E-state index in [0.29, 0.717) is 13.1 Å². The molecule has 18 heavy (non-hydrogen) atoms. The van der Waals surface area contributed by atoms with Gasteiger partial charge in [0.2, 0.25) is 5.91 Å². The molecule has 0 unspecified atom stereocenters. The number of amides is 1. The van der Waals surface area contributed by atoms with Crippen LogP contribution in [0.4, 0.5) is 0 Å². The minimum absolute atomic E-state index is 0.0669. The van der Waals surface area contributed by atoms with Crippen LogP contribution in [-0.4, -0.2) is 22.2 Å². The van der Waals surface area contributed by atoms with Gasteiger partial charge in [0.25, 0.3) is 0 Å². The third-order valence-corrected chi connectivity index (χ3v) is 3.10. The maximum atomic E-state index is 11.2. The predicted molar refractivity (Wildman–Crippen MR) is 73.4 cm³/mol. The number of hydrogen-bond acceptors (Lipinski definition) is 3. The van der Waals surface area contributed by atoms with E-state index in [1.807, 2.05) is 35.3 Å². The van der Waals surface area contributed by atoms with Gasteiger partial charge in [-0.1, -0.05) is 6.08 Å². The Balaban J connectivity index is 1.86. The second-order valence-electron chi connectivity index (χ2n) is 3.77. The minimum atomic E-state index is -0.0669. The van der Waals surface area contributed by atoms with Crippen LogP contribution in [0.3, 0.4) is 0 Å². The third-order valence-electron chi connectivity index (χ3n) is 2.42. The number of carbonyl (C=O) groups is 1. The maximum Gasteiger partial charge on any atom is 0.243 e. The van der Waals surface area contributed by atoms with E-state index in [9.17, 15) is 4.79 Å². The molecule has 0 radical (unpaired) electrons. The molecule has 0 spiro atoms. The Morgan fingerprint density at radius 1 is 1.56 bits per heavy atom. The number of allylic oxidation sites excluding steroid dienone is 1. The van der Waals surface area contributed by atoms with Gasteiger partial charge in [-0.15, -0.1) is 0 Å². The lowest BCUT2D eigenvalue weighted by Crippen LogP contribution is -2.25. The second-order valence-corrected chi connectivity index (χ2v) is 4.55. The Hall–Kier alpha value is -1.88. The Kier molecular flexibility index (Phi) is 4.30. The van der Waals surface area contributed by atoms with Crippen molar-refractivity contribution in [2.75, 3.05) is 6.54 Å². The monoisotopic (exact) mass is 261 g/mol. The van der Waals surface area contributed by atoms with Crippen molar-refractivity contribution in [3.05, 3.63) is 41.2 Å². The van der Waals surface area contributed by atoms with E-state index in [-0.39, 0.29) is 5.91 Å². The number of rotatable bonds is 5. The van der Waals surface area contributed by atoms with E-state index in [4.69, 9.17) is 0 Å². The largest absolute Gasteiger partial charge is 0.351 e. The number of carbonyl (C=O) groups excluding carboxylic acids is 1. The zero-order valence-electron chi connectivity index (χ0n) is 10.2. The normalized spacial score (nSPS) is 10.9. The summed E-state index contributed by atoms with van der Waals surface area (Å²) < 4.78 is 1.84. The van der Waals surface area contributed by atoms with Crippen LogP contribution in [-0.2, 0) is 11.3 Å². The van der Waals surface area contributed by atoms with Crippen LogP contribution < -0.4 is 5.32 Å². The number of hydrogen-bond donors (Lipinski definition) is 1. The van der Waals surface area contributed by atoms with Gasteiger partial charge in [0.15, 0.2) is 0 Å². The van der Waals surface area contributed by atoms with Gasteiger partial charge >= 0.3 is 0 Å². The lowest BCUT2D eigenvalue weighted by Gasteiger charge is -2.02. The molecule has 0 atom stereocenters. The minimum Gasteiger partial charge on any atom is -0.351 e. The molecular formula is C13H15N3OS. The molecule has 2 aromatic heterocycles. The predicted octanol–water partition coefficient (Wildman–Crippen LogP) is 2.30. The fourth-order valence-corrected chi connectivity index (χ4v) is 2.20. The summed E-state index contributed by atoms with van der Waals surface area (Å²) in [6, 6.07) is 4.03. The number of aromatic nitrogens is 2. The molecule has 5 heteroatoms. The summed E-state index contributed by atoms with van der Waals surface area (Å²) in [5.41, 5.74) is 2.10. The Morgan fingerprint density at radius 2 is 2.44 bits per heavy atom. The van der Waals surface area contributed by atoms with E-state index in [1.165, 1.54) is 6.08 Å². The average molecular weight is 261 g/mol. The first kappa shape index (κ1) is 12.6. The third kappa shape index (κ3) is 3.30. The first-order valence-electron chi connectivity index (χ1n) is 5.76. The van der Waals surface area contributed by atoms with Gasteiger partial charge in [-0.25, -0.2) is 0 Å². The van der Waals surface area contributed by atoms with E-state index in [0.717, 1.165) is 11.3 Å². The number of nitrogens with zero attached hydrogens (tertiary/aromatic N) is 2. The summed E-state index contributed by atoms with van der Waals surface area (Å²) in [5, 5.41) is 11.3. The van der Waals surface area contributed by atoms with Gasteiger partial charge in [0.05, 0.1) is 12.2 Å². The van der Waals surface area contributed by atoms with Gasteiger partial charge in [-0.05, 0) is 30.5 Å². The Labute approximate surface area is 110 Å². The second kappa shape index (κ2) is 6.16. The highest BCUT2D eigenvalue weighted by Gasteiger charge is 2.02. The molecule has 0 saturated carbocycles. The highest BCUT2D eigenvalue weighted by molar-refractivity contribution is 7.08. The molecule has 2 aromatic rings. The van der Waals surface area contributed by atoms with Crippen LogP contribution >= 0.6 is 11.3 Å². The van der Waals surface area contributed by atoms with Crippen LogP contribution in [0.5, 0.6) is 0 Å². The molecule has 94 valence electrons. The van der Waals surface area contributed by atoms with Crippen LogP contribution in [0.1, 0.15) is 6.92 Å². The number of thiophene rings is 1. The molecule has 0 aliphatic heterocycles. The molecule has 4 nitrogen and oxygen atoms in total. The van der Waals surface area contributed by atoms with Crippen molar-refractivity contribution in [3.8, 4) is 11.3 Å². The molecule has 2 heterocycles. The van der Waals surface area contributed by atoms with Crippen molar-refractivity contribution in [3.63, 3.8) is 0 Å². The van der Waals surface area contributed by atoms with Crippen molar-refractivity contribution in [1.82, 2.24) is 15.1 Å². The van der Waals surface area contributed by atoms with Crippen molar-refractivity contribution in [1.29, 1.82) is 0 Å². The zero-order valence-corrected chi connectivity index (χ0v) is 11.0. The first-order chi connectivity index (χ1) is 8.79. The smallest absolute Gasteiger partial charge is 0.243 e. The molecule has 0 aliphatic carbocycles. The Bertz CT molecular complexity index is 528. The summed E-state index contributed by atoms with van der Waals surface area (Å²) in [7, 11) is 0. The first-order valence-corrected chi connectivity index (χ1v) is 6.70. The van der Waals surface area contributed by atoms with Gasteiger partial charge in [-0.3, -0.25) is 9.48 Å². The van der Waals surface area contributed by atoms with Crippen molar-refractivity contribution in [2.24, 2.45) is 0 Å². The van der Waals surface area contributed by atoms with Gasteiger partial charge in [0, 0.05) is 23.7 Å². The molecule has 2 rings (SSSR count). The molecule has 0 saturated heterocycles. The topological polar surface area (TPSA) is 46.9 Å². The lowest BCUT2D eigenvalue weighted by molar-refractivity contribution is -0.116. The summed E-state index contributed by atoms with van der Waals surface area (Å²) in [6.07, 6.45) is 5.16. The molecule has 1 amide bonds. The van der Waals surface area contributed by atoms with E-state index >= 15 is 0 Å². The van der Waals surface area contributed by atoms with Crippen LogP contribution in [0, 0.1) is 0 Å². The standard InChI is InChI=1S/C13H15N3OS/c1-2-3-13(17)14-6-8-16-7-4-12(15-16)11-5-9-18-10-11/h2-5,7,9-10H,6,8H2,1H3,(H,14,17)/b3-2+. The zero-order chi connectivity index (χ0) is 12.8. The van der Waals surface area contributed by atoms with Crippen molar-refractivity contribution in [2.45, 2.75) is 13.5 Å². The van der Waals surface area contributed by atoms with E-state index in [2.05, 4.69) is 15.8 Å². The van der Waals surface area contributed by atoms with Crippen LogP contribution in [0.15, 0.2) is 41.2 Å². The highest BCUT2D eigenvalue weighted by atomic mass is 32.1. The molecule has 0 aliphatic rings. The lowest BCUT2D eigenvalue weighted by atomic mass is 10.2. The average Bonchev–Trinajstić information content (AvgIpc) is 2.99. The van der Waals surface area contributed by atoms with Crippen molar-refractivity contribution >= 4 is 17.2 Å². The fourth-order valence-electron chi connectivity index (χ4n) is 1.55. The molecular weight excluding hydrogens is 246 g/mol. The van der Waals surface area contributed by atoms with Gasteiger partial charge in [-0.2, -0.15) is 16.4 Å².